The average molecular weight is 326 g/mol. The Morgan fingerprint density at radius 2 is 1.96 bits per heavy atom. The summed E-state index contributed by atoms with van der Waals surface area (Å²) in [4.78, 5) is 33.9. The van der Waals surface area contributed by atoms with Crippen LogP contribution in [0.15, 0.2) is 29.3 Å². The van der Waals surface area contributed by atoms with Gasteiger partial charge in [-0.15, -0.1) is 0 Å². The van der Waals surface area contributed by atoms with Gasteiger partial charge in [-0.2, -0.15) is 0 Å². The summed E-state index contributed by atoms with van der Waals surface area (Å²) in [5.41, 5.74) is 2.14. The Bertz CT molecular complexity index is 807. The molecule has 0 unspecified atom stereocenters. The van der Waals surface area contributed by atoms with E-state index < -0.39 is 5.91 Å². The van der Waals surface area contributed by atoms with Crippen molar-refractivity contribution in [2.24, 2.45) is 0 Å². The predicted molar refractivity (Wildman–Crippen MR) is 94.8 cm³/mol. The van der Waals surface area contributed by atoms with Crippen molar-refractivity contribution in [2.45, 2.75) is 33.1 Å². The van der Waals surface area contributed by atoms with Gasteiger partial charge in [0, 0.05) is 31.0 Å². The second kappa shape index (κ2) is 6.86. The Hall–Kier alpha value is -2.63. The minimum absolute atomic E-state index is 0.0957. The summed E-state index contributed by atoms with van der Waals surface area (Å²) >= 11 is 0. The first-order valence-electron chi connectivity index (χ1n) is 8.27. The molecule has 0 aromatic carbocycles. The zero-order chi connectivity index (χ0) is 17.1. The number of amides is 1. The first-order chi connectivity index (χ1) is 11.5. The third kappa shape index (κ3) is 3.48. The molecule has 3 heterocycles. The Morgan fingerprint density at radius 3 is 2.62 bits per heavy atom. The van der Waals surface area contributed by atoms with Crippen molar-refractivity contribution >= 4 is 17.4 Å². The number of aryl methyl sites for hydroxylation is 2. The quantitative estimate of drug-likeness (QED) is 0.909. The molecule has 2 aromatic rings. The first-order valence-corrected chi connectivity index (χ1v) is 8.27. The van der Waals surface area contributed by atoms with Crippen molar-refractivity contribution in [1.29, 1.82) is 0 Å². The molecule has 0 radical (unpaired) electrons. The van der Waals surface area contributed by atoms with Crippen LogP contribution in [0.3, 0.4) is 0 Å². The highest BCUT2D eigenvalue weighted by atomic mass is 16.2. The van der Waals surface area contributed by atoms with Crippen molar-refractivity contribution < 1.29 is 4.79 Å². The number of rotatable bonds is 3. The fourth-order valence-electron chi connectivity index (χ4n) is 3.02. The van der Waals surface area contributed by atoms with Gasteiger partial charge in [0.2, 0.25) is 0 Å². The van der Waals surface area contributed by atoms with Crippen molar-refractivity contribution in [1.82, 2.24) is 9.97 Å². The van der Waals surface area contributed by atoms with Crippen molar-refractivity contribution in [2.75, 3.05) is 23.3 Å². The van der Waals surface area contributed by atoms with E-state index in [4.69, 9.17) is 0 Å². The molecular weight excluding hydrogens is 304 g/mol. The lowest BCUT2D eigenvalue weighted by atomic mass is 10.1. The topological polar surface area (TPSA) is 78.1 Å². The molecule has 6 heteroatoms. The van der Waals surface area contributed by atoms with Crippen LogP contribution in [0.25, 0.3) is 0 Å². The van der Waals surface area contributed by atoms with Crippen LogP contribution in [0, 0.1) is 13.8 Å². The van der Waals surface area contributed by atoms with E-state index in [2.05, 4.69) is 20.2 Å². The third-order valence-corrected chi connectivity index (χ3v) is 4.27. The second-order valence-corrected chi connectivity index (χ2v) is 6.26. The number of nitrogens with one attached hydrogen (secondary N) is 2. The van der Waals surface area contributed by atoms with E-state index in [-0.39, 0.29) is 11.0 Å². The fourth-order valence-corrected chi connectivity index (χ4v) is 3.02. The lowest BCUT2D eigenvalue weighted by Crippen LogP contribution is -2.30. The average Bonchev–Trinajstić information content (AvgIpc) is 2.55. The number of carbonyl (C=O) groups is 1. The highest BCUT2D eigenvalue weighted by molar-refractivity contribution is 6.04. The van der Waals surface area contributed by atoms with Crippen molar-refractivity contribution in [3.05, 3.63) is 51.6 Å². The molecule has 1 saturated heterocycles. The van der Waals surface area contributed by atoms with Gasteiger partial charge in [0.05, 0.1) is 11.9 Å². The summed E-state index contributed by atoms with van der Waals surface area (Å²) in [6.07, 6.45) is 6.74. The maximum absolute atomic E-state index is 12.3. The van der Waals surface area contributed by atoms with E-state index >= 15 is 0 Å². The molecule has 1 amide bonds. The maximum atomic E-state index is 12.3. The summed E-state index contributed by atoms with van der Waals surface area (Å²) < 4.78 is 0. The van der Waals surface area contributed by atoms with Crippen molar-refractivity contribution in [3.63, 3.8) is 0 Å². The fraction of sp³-hybridized carbons (Fsp3) is 0.389. The normalized spacial score (nSPS) is 14.5. The molecule has 0 atom stereocenters. The van der Waals surface area contributed by atoms with Crippen LogP contribution in [0.5, 0.6) is 0 Å². The molecule has 0 aliphatic carbocycles. The minimum Gasteiger partial charge on any atom is -0.364 e. The molecule has 24 heavy (non-hydrogen) atoms. The van der Waals surface area contributed by atoms with Gasteiger partial charge in [-0.3, -0.25) is 9.59 Å². The lowest BCUT2D eigenvalue weighted by molar-refractivity contribution is 0.102. The SMILES string of the molecule is Cc1cc(=O)c(C(=O)Nc2cnc(N3CCCCC3)c(C)c2)c[nH]1. The van der Waals surface area contributed by atoms with Crippen LogP contribution in [-0.4, -0.2) is 29.0 Å². The number of piperidine rings is 1. The Labute approximate surface area is 140 Å². The number of hydrogen-bond acceptors (Lipinski definition) is 4. The van der Waals surface area contributed by atoms with Gasteiger partial charge in [0.15, 0.2) is 5.43 Å². The molecule has 2 aromatic heterocycles. The van der Waals surface area contributed by atoms with Gasteiger partial charge in [0.1, 0.15) is 11.4 Å². The molecule has 2 N–H and O–H groups in total. The van der Waals surface area contributed by atoms with Crippen LogP contribution in [0.1, 0.15) is 40.9 Å². The van der Waals surface area contributed by atoms with Gasteiger partial charge in [0.25, 0.3) is 5.91 Å². The molecule has 1 aliphatic heterocycles. The van der Waals surface area contributed by atoms with E-state index in [1.807, 2.05) is 13.0 Å². The Balaban J connectivity index is 1.76. The number of pyridine rings is 2. The van der Waals surface area contributed by atoms with E-state index in [1.165, 1.54) is 31.5 Å². The van der Waals surface area contributed by atoms with Crippen LogP contribution in [0.2, 0.25) is 0 Å². The molecular formula is C18H22N4O2. The molecule has 1 aliphatic rings. The van der Waals surface area contributed by atoms with Gasteiger partial charge in [-0.1, -0.05) is 0 Å². The summed E-state index contributed by atoms with van der Waals surface area (Å²) in [7, 11) is 0. The van der Waals surface area contributed by atoms with Gasteiger partial charge in [-0.05, 0) is 44.7 Å². The summed E-state index contributed by atoms with van der Waals surface area (Å²) in [6, 6.07) is 3.31. The number of hydrogen-bond donors (Lipinski definition) is 2. The summed E-state index contributed by atoms with van der Waals surface area (Å²) in [6.45, 7) is 5.82. The van der Waals surface area contributed by atoms with Gasteiger partial charge in [-0.25, -0.2) is 4.98 Å². The van der Waals surface area contributed by atoms with Crippen LogP contribution < -0.4 is 15.6 Å². The highest BCUT2D eigenvalue weighted by Crippen LogP contribution is 2.23. The van der Waals surface area contributed by atoms with E-state index in [9.17, 15) is 9.59 Å². The minimum atomic E-state index is -0.428. The van der Waals surface area contributed by atoms with Crippen LogP contribution in [-0.2, 0) is 0 Å². The molecule has 6 nitrogen and oxygen atoms in total. The van der Waals surface area contributed by atoms with Crippen LogP contribution >= 0.6 is 0 Å². The smallest absolute Gasteiger partial charge is 0.261 e. The zero-order valence-electron chi connectivity index (χ0n) is 14.1. The molecule has 126 valence electrons. The Kier molecular flexibility index (Phi) is 4.64. The highest BCUT2D eigenvalue weighted by Gasteiger charge is 2.16. The molecule has 0 bridgehead atoms. The monoisotopic (exact) mass is 326 g/mol. The van der Waals surface area contributed by atoms with Gasteiger partial charge >= 0.3 is 0 Å². The van der Waals surface area contributed by atoms with E-state index in [1.54, 1.807) is 13.1 Å². The second-order valence-electron chi connectivity index (χ2n) is 6.26. The van der Waals surface area contributed by atoms with Gasteiger partial charge < -0.3 is 15.2 Å². The molecule has 0 saturated carbocycles. The lowest BCUT2D eigenvalue weighted by Gasteiger charge is -2.29. The number of aromatic nitrogens is 2. The zero-order valence-corrected chi connectivity index (χ0v) is 14.1. The standard InChI is InChI=1S/C18H22N4O2/c1-12-8-14(10-20-17(12)22-6-4-3-5-7-22)21-18(24)15-11-19-13(2)9-16(15)23/h8-11H,3-7H2,1-2H3,(H,19,23)(H,21,24). The van der Waals surface area contributed by atoms with Crippen LogP contribution in [0.4, 0.5) is 11.5 Å². The maximum Gasteiger partial charge on any atom is 0.261 e. The molecule has 0 spiro atoms. The third-order valence-electron chi connectivity index (χ3n) is 4.27. The van der Waals surface area contributed by atoms with Crippen molar-refractivity contribution in [3.8, 4) is 0 Å². The number of anilines is 2. The van der Waals surface area contributed by atoms with E-state index in [0.717, 1.165) is 30.2 Å². The largest absolute Gasteiger partial charge is 0.364 e. The molecule has 3 rings (SSSR count). The number of aromatic amines is 1. The molecule has 1 fully saturated rings. The predicted octanol–water partition coefficient (Wildman–Crippen LogP) is 2.63. The van der Waals surface area contributed by atoms with E-state index in [0.29, 0.717) is 5.69 Å². The Morgan fingerprint density at radius 1 is 1.21 bits per heavy atom. The number of carbonyl (C=O) groups excluding carboxylic acids is 1. The number of H-pyrrole nitrogens is 1. The summed E-state index contributed by atoms with van der Waals surface area (Å²) in [5, 5.41) is 2.75. The number of nitrogens with zero attached hydrogens (tertiary/aromatic N) is 2. The summed E-state index contributed by atoms with van der Waals surface area (Å²) in [5.74, 6) is 0.545. The first kappa shape index (κ1) is 16.2.